The average molecular weight is 251 g/mol. The van der Waals surface area contributed by atoms with Crippen molar-refractivity contribution in [3.8, 4) is 5.88 Å². The number of pyridine rings is 1. The van der Waals surface area contributed by atoms with E-state index in [0.29, 0.717) is 11.9 Å². The lowest BCUT2D eigenvalue weighted by atomic mass is 10.2. The molecule has 1 aromatic heterocycles. The zero-order valence-corrected chi connectivity index (χ0v) is 11.9. The van der Waals surface area contributed by atoms with Crippen molar-refractivity contribution in [2.45, 2.75) is 32.9 Å². The van der Waals surface area contributed by atoms with Crippen molar-refractivity contribution in [1.29, 1.82) is 0 Å². The number of ether oxygens (including phenoxy) is 1. The molecule has 4 heteroatoms. The van der Waals surface area contributed by atoms with E-state index in [1.54, 1.807) is 0 Å². The van der Waals surface area contributed by atoms with Crippen molar-refractivity contribution in [2.24, 2.45) is 0 Å². The zero-order chi connectivity index (χ0) is 13.4. The number of hydrogen-bond acceptors (Lipinski definition) is 4. The summed E-state index contributed by atoms with van der Waals surface area (Å²) >= 11 is 0. The van der Waals surface area contributed by atoms with Gasteiger partial charge in [0.05, 0.1) is 6.61 Å². The molecule has 0 aliphatic rings. The molecule has 0 fully saturated rings. The lowest BCUT2D eigenvalue weighted by Gasteiger charge is -2.10. The molecule has 1 N–H and O–H groups in total. The smallest absolute Gasteiger partial charge is 0.213 e. The fourth-order valence-electron chi connectivity index (χ4n) is 1.48. The van der Waals surface area contributed by atoms with E-state index in [1.165, 1.54) is 5.56 Å². The molecule has 1 rings (SSSR count). The van der Waals surface area contributed by atoms with Crippen LogP contribution in [0.4, 0.5) is 0 Å². The SMILES string of the molecule is CC(C)NCc1ccc(OCCCN(C)C)nc1. The van der Waals surface area contributed by atoms with Gasteiger partial charge in [-0.1, -0.05) is 19.9 Å². The summed E-state index contributed by atoms with van der Waals surface area (Å²) in [5, 5.41) is 3.36. The summed E-state index contributed by atoms with van der Waals surface area (Å²) in [6.07, 6.45) is 2.89. The fourth-order valence-corrected chi connectivity index (χ4v) is 1.48. The van der Waals surface area contributed by atoms with Gasteiger partial charge < -0.3 is 15.0 Å². The van der Waals surface area contributed by atoms with Crippen LogP contribution in [-0.2, 0) is 6.54 Å². The first-order valence-corrected chi connectivity index (χ1v) is 6.54. The highest BCUT2D eigenvalue weighted by atomic mass is 16.5. The predicted octanol–water partition coefficient (Wildman–Crippen LogP) is 1.91. The highest BCUT2D eigenvalue weighted by Gasteiger charge is 1.99. The Morgan fingerprint density at radius 2 is 2.11 bits per heavy atom. The van der Waals surface area contributed by atoms with Crippen molar-refractivity contribution >= 4 is 0 Å². The number of hydrogen-bond donors (Lipinski definition) is 1. The van der Waals surface area contributed by atoms with Gasteiger partial charge >= 0.3 is 0 Å². The molecule has 0 atom stereocenters. The molecule has 0 spiro atoms. The Morgan fingerprint density at radius 1 is 1.33 bits per heavy atom. The first-order chi connectivity index (χ1) is 8.58. The Kier molecular flexibility index (Phi) is 6.68. The predicted molar refractivity (Wildman–Crippen MR) is 74.9 cm³/mol. The molecule has 0 amide bonds. The van der Waals surface area contributed by atoms with E-state index in [-0.39, 0.29) is 0 Å². The van der Waals surface area contributed by atoms with Gasteiger partial charge in [-0.05, 0) is 26.1 Å². The first-order valence-electron chi connectivity index (χ1n) is 6.54. The van der Waals surface area contributed by atoms with Crippen molar-refractivity contribution in [3.05, 3.63) is 23.9 Å². The quantitative estimate of drug-likeness (QED) is 0.716. The maximum absolute atomic E-state index is 5.58. The van der Waals surface area contributed by atoms with Crippen LogP contribution in [-0.4, -0.2) is 43.2 Å². The summed E-state index contributed by atoms with van der Waals surface area (Å²) in [6, 6.07) is 4.49. The molecule has 0 aromatic carbocycles. The lowest BCUT2D eigenvalue weighted by molar-refractivity contribution is 0.273. The summed E-state index contributed by atoms with van der Waals surface area (Å²) in [7, 11) is 4.13. The van der Waals surface area contributed by atoms with Gasteiger partial charge in [0.25, 0.3) is 0 Å². The van der Waals surface area contributed by atoms with Crippen LogP contribution >= 0.6 is 0 Å². The van der Waals surface area contributed by atoms with Crippen LogP contribution in [0, 0.1) is 0 Å². The van der Waals surface area contributed by atoms with Gasteiger partial charge in [-0.3, -0.25) is 0 Å². The van der Waals surface area contributed by atoms with Gasteiger partial charge in [0.15, 0.2) is 0 Å². The van der Waals surface area contributed by atoms with Crippen molar-refractivity contribution in [2.75, 3.05) is 27.2 Å². The Morgan fingerprint density at radius 3 is 2.67 bits per heavy atom. The molecule has 0 aliphatic heterocycles. The van der Waals surface area contributed by atoms with Crippen molar-refractivity contribution in [1.82, 2.24) is 15.2 Å². The second kappa shape index (κ2) is 8.06. The Bertz CT molecular complexity index is 322. The largest absolute Gasteiger partial charge is 0.478 e. The maximum atomic E-state index is 5.58. The standard InChI is InChI=1S/C14H25N3O/c1-12(2)15-10-13-6-7-14(16-11-13)18-9-5-8-17(3)4/h6-7,11-12,15H,5,8-10H2,1-4H3. The molecule has 0 unspecified atom stereocenters. The third-order valence-electron chi connectivity index (χ3n) is 2.51. The van der Waals surface area contributed by atoms with Crippen LogP contribution in [0.3, 0.4) is 0 Å². The molecule has 0 saturated carbocycles. The molecule has 1 heterocycles. The van der Waals surface area contributed by atoms with Gasteiger partial charge in [0, 0.05) is 31.4 Å². The minimum atomic E-state index is 0.493. The maximum Gasteiger partial charge on any atom is 0.213 e. The zero-order valence-electron chi connectivity index (χ0n) is 11.9. The van der Waals surface area contributed by atoms with E-state index in [0.717, 1.165) is 26.1 Å². The third-order valence-corrected chi connectivity index (χ3v) is 2.51. The Labute approximate surface area is 110 Å². The van der Waals surface area contributed by atoms with Crippen LogP contribution in [0.15, 0.2) is 18.3 Å². The molecule has 1 aromatic rings. The van der Waals surface area contributed by atoms with Crippen molar-refractivity contribution < 1.29 is 4.74 Å². The average Bonchev–Trinajstić information content (AvgIpc) is 2.33. The monoisotopic (exact) mass is 251 g/mol. The second-order valence-corrected chi connectivity index (χ2v) is 5.05. The van der Waals surface area contributed by atoms with Gasteiger partial charge in [-0.25, -0.2) is 4.98 Å². The third kappa shape index (κ3) is 6.57. The normalized spacial score (nSPS) is 11.2. The molecule has 4 nitrogen and oxygen atoms in total. The number of nitrogens with zero attached hydrogens (tertiary/aromatic N) is 2. The molecule has 0 radical (unpaired) electrons. The second-order valence-electron chi connectivity index (χ2n) is 5.05. The number of rotatable bonds is 8. The van der Waals surface area contributed by atoms with Crippen LogP contribution < -0.4 is 10.1 Å². The summed E-state index contributed by atoms with van der Waals surface area (Å²) in [5.41, 5.74) is 1.18. The van der Waals surface area contributed by atoms with Crippen molar-refractivity contribution in [3.63, 3.8) is 0 Å². The van der Waals surface area contributed by atoms with E-state index in [9.17, 15) is 0 Å². The van der Waals surface area contributed by atoms with Gasteiger partial charge in [-0.2, -0.15) is 0 Å². The Hall–Kier alpha value is -1.13. The summed E-state index contributed by atoms with van der Waals surface area (Å²) in [6.45, 7) is 6.88. The topological polar surface area (TPSA) is 37.4 Å². The molecular weight excluding hydrogens is 226 g/mol. The highest BCUT2D eigenvalue weighted by Crippen LogP contribution is 2.08. The molecule has 0 bridgehead atoms. The van der Waals surface area contributed by atoms with Gasteiger partial charge in [-0.15, -0.1) is 0 Å². The van der Waals surface area contributed by atoms with Gasteiger partial charge in [0.1, 0.15) is 0 Å². The van der Waals surface area contributed by atoms with E-state index in [2.05, 4.69) is 49.2 Å². The number of nitrogens with one attached hydrogen (secondary N) is 1. The van der Waals surface area contributed by atoms with Gasteiger partial charge in [0.2, 0.25) is 5.88 Å². The van der Waals surface area contributed by atoms with Crippen LogP contribution in [0.1, 0.15) is 25.8 Å². The van der Waals surface area contributed by atoms with E-state index in [4.69, 9.17) is 4.74 Å². The van der Waals surface area contributed by atoms with Crippen LogP contribution in [0.25, 0.3) is 0 Å². The fraction of sp³-hybridized carbons (Fsp3) is 0.643. The van der Waals surface area contributed by atoms with Crippen LogP contribution in [0.5, 0.6) is 5.88 Å². The van der Waals surface area contributed by atoms with Crippen LogP contribution in [0.2, 0.25) is 0 Å². The molecule has 18 heavy (non-hydrogen) atoms. The first kappa shape index (κ1) is 14.9. The summed E-state index contributed by atoms with van der Waals surface area (Å²) in [5.74, 6) is 0.710. The molecule has 0 aliphatic carbocycles. The van der Waals surface area contributed by atoms with E-state index >= 15 is 0 Å². The summed E-state index contributed by atoms with van der Waals surface area (Å²) in [4.78, 5) is 6.45. The summed E-state index contributed by atoms with van der Waals surface area (Å²) < 4.78 is 5.58. The molecule has 0 saturated heterocycles. The Balaban J connectivity index is 2.27. The molecular formula is C14H25N3O. The highest BCUT2D eigenvalue weighted by molar-refractivity contribution is 5.17. The lowest BCUT2D eigenvalue weighted by Crippen LogP contribution is -2.21. The van der Waals surface area contributed by atoms with E-state index < -0.39 is 0 Å². The number of aromatic nitrogens is 1. The minimum Gasteiger partial charge on any atom is -0.478 e. The molecule has 102 valence electrons. The van der Waals surface area contributed by atoms with E-state index in [1.807, 2.05) is 12.3 Å². The minimum absolute atomic E-state index is 0.493.